The van der Waals surface area contributed by atoms with Gasteiger partial charge in [-0.25, -0.2) is 0 Å². The van der Waals surface area contributed by atoms with Crippen molar-refractivity contribution in [2.45, 2.75) is 40.0 Å². The van der Waals surface area contributed by atoms with Crippen LogP contribution in [0.15, 0.2) is 0 Å². The Morgan fingerprint density at radius 3 is 2.53 bits per heavy atom. The summed E-state index contributed by atoms with van der Waals surface area (Å²) in [5.74, 6) is 0.329. The van der Waals surface area contributed by atoms with Gasteiger partial charge in [-0.3, -0.25) is 9.89 Å². The minimum atomic E-state index is -0.189. The molecule has 0 aliphatic carbocycles. The maximum absolute atomic E-state index is 11.9. The number of hydrogen-bond acceptors (Lipinski definition) is 3. The van der Waals surface area contributed by atoms with E-state index in [4.69, 9.17) is 5.73 Å². The van der Waals surface area contributed by atoms with Crippen LogP contribution >= 0.6 is 0 Å². The Labute approximate surface area is 102 Å². The highest BCUT2D eigenvalue weighted by atomic mass is 16.1. The van der Waals surface area contributed by atoms with E-state index in [9.17, 15) is 4.79 Å². The lowest BCUT2D eigenvalue weighted by Gasteiger charge is -2.12. The first-order valence-electron chi connectivity index (χ1n) is 6.24. The standard InChI is InChI=1S/C12H22N4O/c1-4-8(5-2)7-14-12(17)11-10(13)9(6-3)15-16-11/h8H,4-7,13H2,1-3H3,(H,14,17)(H,15,16). The zero-order chi connectivity index (χ0) is 12.8. The maximum atomic E-state index is 11.9. The highest BCUT2D eigenvalue weighted by molar-refractivity contribution is 5.97. The Morgan fingerprint density at radius 1 is 1.41 bits per heavy atom. The Kier molecular flexibility index (Phi) is 5.00. The topological polar surface area (TPSA) is 83.8 Å². The fraction of sp³-hybridized carbons (Fsp3) is 0.667. The summed E-state index contributed by atoms with van der Waals surface area (Å²) in [6, 6.07) is 0. The number of anilines is 1. The van der Waals surface area contributed by atoms with Gasteiger partial charge in [-0.15, -0.1) is 0 Å². The third kappa shape index (κ3) is 3.22. The van der Waals surface area contributed by atoms with E-state index in [1.165, 1.54) is 0 Å². The predicted molar refractivity (Wildman–Crippen MR) is 68.8 cm³/mol. The molecule has 1 amide bonds. The number of H-pyrrole nitrogens is 1. The van der Waals surface area contributed by atoms with Gasteiger partial charge in [0.15, 0.2) is 5.69 Å². The van der Waals surface area contributed by atoms with Crippen molar-refractivity contribution in [2.75, 3.05) is 12.3 Å². The zero-order valence-electron chi connectivity index (χ0n) is 10.8. The van der Waals surface area contributed by atoms with Gasteiger partial charge in [0.05, 0.1) is 11.4 Å². The van der Waals surface area contributed by atoms with Gasteiger partial charge in [-0.2, -0.15) is 5.10 Å². The van der Waals surface area contributed by atoms with Gasteiger partial charge >= 0.3 is 0 Å². The number of nitrogens with zero attached hydrogens (tertiary/aromatic N) is 1. The number of aromatic amines is 1. The fourth-order valence-corrected chi connectivity index (χ4v) is 1.73. The number of hydrogen-bond donors (Lipinski definition) is 3. The summed E-state index contributed by atoms with van der Waals surface area (Å²) in [5, 5.41) is 9.62. The lowest BCUT2D eigenvalue weighted by molar-refractivity contribution is 0.0942. The molecule has 1 rings (SSSR count). The van der Waals surface area contributed by atoms with E-state index < -0.39 is 0 Å². The molecule has 0 aliphatic heterocycles. The molecule has 5 nitrogen and oxygen atoms in total. The number of aryl methyl sites for hydroxylation is 1. The van der Waals surface area contributed by atoms with Crippen LogP contribution < -0.4 is 11.1 Å². The van der Waals surface area contributed by atoms with Gasteiger partial charge < -0.3 is 11.1 Å². The Bertz CT molecular complexity index is 369. The van der Waals surface area contributed by atoms with E-state index in [0.29, 0.717) is 23.8 Å². The summed E-state index contributed by atoms with van der Waals surface area (Å²) in [7, 11) is 0. The fourth-order valence-electron chi connectivity index (χ4n) is 1.73. The summed E-state index contributed by atoms with van der Waals surface area (Å²) < 4.78 is 0. The van der Waals surface area contributed by atoms with Crippen LogP contribution in [0.4, 0.5) is 5.69 Å². The van der Waals surface area contributed by atoms with Gasteiger partial charge in [0, 0.05) is 6.54 Å². The molecule has 5 heteroatoms. The van der Waals surface area contributed by atoms with Gasteiger partial charge in [0.25, 0.3) is 5.91 Å². The van der Waals surface area contributed by atoms with Crippen molar-refractivity contribution in [3.63, 3.8) is 0 Å². The van der Waals surface area contributed by atoms with Gasteiger partial charge in [0.1, 0.15) is 0 Å². The molecule has 0 atom stereocenters. The average molecular weight is 238 g/mol. The summed E-state index contributed by atoms with van der Waals surface area (Å²) in [4.78, 5) is 11.9. The summed E-state index contributed by atoms with van der Waals surface area (Å²) in [6.07, 6.45) is 2.87. The lowest BCUT2D eigenvalue weighted by Crippen LogP contribution is -2.29. The second-order valence-electron chi connectivity index (χ2n) is 4.21. The predicted octanol–water partition coefficient (Wildman–Crippen LogP) is 1.72. The first-order chi connectivity index (χ1) is 8.13. The molecular weight excluding hydrogens is 216 g/mol. The van der Waals surface area contributed by atoms with Crippen LogP contribution in [0.1, 0.15) is 49.8 Å². The quantitative estimate of drug-likeness (QED) is 0.705. The van der Waals surface area contributed by atoms with Crippen LogP contribution in [-0.4, -0.2) is 22.6 Å². The van der Waals surface area contributed by atoms with Crippen LogP contribution in [-0.2, 0) is 6.42 Å². The molecule has 1 heterocycles. The van der Waals surface area contributed by atoms with E-state index >= 15 is 0 Å². The van der Waals surface area contributed by atoms with Crippen molar-refractivity contribution in [3.8, 4) is 0 Å². The Morgan fingerprint density at radius 2 is 2.06 bits per heavy atom. The van der Waals surface area contributed by atoms with E-state index in [0.717, 1.165) is 25.0 Å². The second-order valence-corrected chi connectivity index (χ2v) is 4.21. The Balaban J connectivity index is 2.61. The highest BCUT2D eigenvalue weighted by Gasteiger charge is 2.16. The minimum absolute atomic E-state index is 0.189. The SMILES string of the molecule is CCc1[nH]nc(C(=O)NCC(CC)CC)c1N. The van der Waals surface area contributed by atoms with Crippen LogP contribution in [0.25, 0.3) is 0 Å². The van der Waals surface area contributed by atoms with Crippen molar-refractivity contribution >= 4 is 11.6 Å². The van der Waals surface area contributed by atoms with Crippen LogP contribution in [0.2, 0.25) is 0 Å². The molecule has 1 aromatic rings. The average Bonchev–Trinajstić information content (AvgIpc) is 2.71. The Hall–Kier alpha value is -1.52. The van der Waals surface area contributed by atoms with E-state index in [1.54, 1.807) is 0 Å². The van der Waals surface area contributed by atoms with Crippen molar-refractivity contribution in [1.82, 2.24) is 15.5 Å². The van der Waals surface area contributed by atoms with Crippen LogP contribution in [0, 0.1) is 5.92 Å². The minimum Gasteiger partial charge on any atom is -0.395 e. The third-order valence-corrected chi connectivity index (χ3v) is 3.16. The number of carbonyl (C=O) groups excluding carboxylic acids is 1. The largest absolute Gasteiger partial charge is 0.395 e. The molecule has 0 spiro atoms. The maximum Gasteiger partial charge on any atom is 0.273 e. The summed E-state index contributed by atoms with van der Waals surface area (Å²) in [6.45, 7) is 6.90. The number of nitrogen functional groups attached to an aromatic ring is 1. The van der Waals surface area contributed by atoms with Gasteiger partial charge in [0.2, 0.25) is 0 Å². The summed E-state index contributed by atoms with van der Waals surface area (Å²) in [5.41, 5.74) is 7.43. The van der Waals surface area contributed by atoms with E-state index in [2.05, 4.69) is 29.4 Å². The van der Waals surface area contributed by atoms with Crippen LogP contribution in [0.5, 0.6) is 0 Å². The lowest BCUT2D eigenvalue weighted by atomic mass is 10.0. The monoisotopic (exact) mass is 238 g/mol. The second kappa shape index (κ2) is 6.27. The number of rotatable bonds is 6. The molecule has 4 N–H and O–H groups in total. The molecule has 0 fully saturated rings. The van der Waals surface area contributed by atoms with Gasteiger partial charge in [-0.05, 0) is 12.3 Å². The molecule has 0 saturated carbocycles. The summed E-state index contributed by atoms with van der Waals surface area (Å²) >= 11 is 0. The molecule has 0 radical (unpaired) electrons. The number of carbonyl (C=O) groups is 1. The number of aromatic nitrogens is 2. The van der Waals surface area contributed by atoms with E-state index in [1.807, 2.05) is 6.92 Å². The van der Waals surface area contributed by atoms with Crippen molar-refractivity contribution in [2.24, 2.45) is 5.92 Å². The number of nitrogens with one attached hydrogen (secondary N) is 2. The van der Waals surface area contributed by atoms with Crippen LogP contribution in [0.3, 0.4) is 0 Å². The van der Waals surface area contributed by atoms with Crippen molar-refractivity contribution < 1.29 is 4.79 Å². The third-order valence-electron chi connectivity index (χ3n) is 3.16. The molecular formula is C12H22N4O. The first-order valence-corrected chi connectivity index (χ1v) is 6.24. The molecule has 0 aromatic carbocycles. The van der Waals surface area contributed by atoms with Gasteiger partial charge in [-0.1, -0.05) is 33.6 Å². The van der Waals surface area contributed by atoms with Crippen molar-refractivity contribution in [3.05, 3.63) is 11.4 Å². The zero-order valence-corrected chi connectivity index (χ0v) is 10.8. The number of amides is 1. The molecule has 96 valence electrons. The molecule has 17 heavy (non-hydrogen) atoms. The number of nitrogens with two attached hydrogens (primary N) is 1. The smallest absolute Gasteiger partial charge is 0.273 e. The molecule has 1 aromatic heterocycles. The first kappa shape index (κ1) is 13.5. The van der Waals surface area contributed by atoms with Crippen molar-refractivity contribution in [1.29, 1.82) is 0 Å². The van der Waals surface area contributed by atoms with E-state index in [-0.39, 0.29) is 5.91 Å². The highest BCUT2D eigenvalue weighted by Crippen LogP contribution is 2.14. The molecule has 0 bridgehead atoms. The molecule has 0 unspecified atom stereocenters. The molecule has 0 aliphatic rings. The molecule has 0 saturated heterocycles. The normalized spacial score (nSPS) is 10.8.